The fraction of sp³-hybridized carbons (Fsp3) is 0.383. The van der Waals surface area contributed by atoms with Crippen molar-refractivity contribution in [3.8, 4) is 52.7 Å². The molecule has 121 heavy (non-hydrogen) atoms. The van der Waals surface area contributed by atoms with Gasteiger partial charge in [-0.2, -0.15) is 20.2 Å². The second-order valence-electron chi connectivity index (χ2n) is 29.8. The van der Waals surface area contributed by atoms with Crippen LogP contribution in [0, 0.1) is 92.2 Å². The van der Waals surface area contributed by atoms with Crippen molar-refractivity contribution in [1.29, 1.82) is 15.8 Å². The molecule has 8 heterocycles. The number of aliphatic hydroxyl groups excluding tert-OH is 1. The normalized spacial score (nSPS) is 20.9. The fourth-order valence-electron chi connectivity index (χ4n) is 13.8. The third kappa shape index (κ3) is 21.8. The molecule has 8 aliphatic heterocycles. The van der Waals surface area contributed by atoms with Crippen LogP contribution in [0.5, 0.6) is 34.5 Å². The molecule has 2 spiro atoms. The number of nitriles is 3. The lowest BCUT2D eigenvalue weighted by atomic mass is 9.78. The van der Waals surface area contributed by atoms with E-state index in [4.69, 9.17) is 60.5 Å². The minimum atomic E-state index is -1.59. The molecule has 0 saturated carbocycles. The summed E-state index contributed by atoms with van der Waals surface area (Å²) >= 11 is 12.4. The first kappa shape index (κ1) is 94.2. The highest BCUT2D eigenvalue weighted by molar-refractivity contribution is 9.10. The van der Waals surface area contributed by atoms with Crippen LogP contribution in [-0.2, 0) is 77.6 Å². The maximum Gasteiger partial charge on any atom is 0.308 e. The van der Waals surface area contributed by atoms with E-state index >= 15 is 0 Å². The number of hydrogen-bond donors (Lipinski definition) is 5. The zero-order valence-corrected chi connectivity index (χ0v) is 71.0. The van der Waals surface area contributed by atoms with Gasteiger partial charge in [0.15, 0.2) is 11.4 Å². The molecule has 6 aromatic rings. The van der Waals surface area contributed by atoms with E-state index in [9.17, 15) is 86.2 Å². The molecule has 3 amide bonds. The molecule has 644 valence electrons. The highest BCUT2D eigenvalue weighted by Gasteiger charge is 2.50. The Morgan fingerprint density at radius 1 is 0.537 bits per heavy atom. The Balaban J connectivity index is 0.000000166. The average Bonchev–Trinajstić information content (AvgIpc) is 0.764. The van der Waals surface area contributed by atoms with E-state index in [2.05, 4.69) is 61.7 Å². The number of esters is 2. The number of fused-ring (bicyclic) bond motifs is 8. The average molecular weight is 1880 g/mol. The molecule has 0 aliphatic carbocycles. The van der Waals surface area contributed by atoms with Gasteiger partial charge >= 0.3 is 11.9 Å². The van der Waals surface area contributed by atoms with Crippen molar-refractivity contribution in [3.63, 3.8) is 0 Å². The van der Waals surface area contributed by atoms with E-state index < -0.39 is 159 Å². The Morgan fingerprint density at radius 3 is 1.37 bits per heavy atom. The highest BCUT2D eigenvalue weighted by Crippen LogP contribution is 2.49. The number of nitrogens with zero attached hydrogens (tertiary/aromatic N) is 4. The van der Waals surface area contributed by atoms with Gasteiger partial charge in [0.1, 0.15) is 134 Å². The number of carbonyl (C=O) groups excluding carboxylic acids is 6. The second kappa shape index (κ2) is 39.0. The number of ether oxygens (including phenoxy) is 8. The quantitative estimate of drug-likeness (QED) is 0.0663. The zero-order valence-electron chi connectivity index (χ0n) is 65.4. The number of rotatable bonds is 9. The van der Waals surface area contributed by atoms with Crippen LogP contribution in [0.25, 0.3) is 0 Å². The summed E-state index contributed by atoms with van der Waals surface area (Å²) in [6.07, 6.45) is 0.349. The molecule has 0 radical (unpaired) electrons. The first-order chi connectivity index (χ1) is 56.9. The van der Waals surface area contributed by atoms with E-state index in [1.807, 2.05) is 20.8 Å². The zero-order chi connectivity index (χ0) is 89.2. The van der Waals surface area contributed by atoms with Crippen LogP contribution in [0.15, 0.2) is 108 Å². The fourth-order valence-corrected chi connectivity index (χ4v) is 16.6. The van der Waals surface area contributed by atoms with E-state index in [1.54, 1.807) is 51.1 Å². The number of aliphatic hydroxyl groups is 1. The Morgan fingerprint density at radius 2 is 0.934 bits per heavy atom. The van der Waals surface area contributed by atoms with Gasteiger partial charge in [-0.25, -0.2) is 57.0 Å². The first-order valence-corrected chi connectivity index (χ1v) is 40.7. The van der Waals surface area contributed by atoms with Crippen molar-refractivity contribution in [1.82, 2.24) is 20.7 Å². The molecular formula is C81H75Br2ClF10N8O17S2. The van der Waals surface area contributed by atoms with Crippen molar-refractivity contribution < 1.29 is 124 Å². The van der Waals surface area contributed by atoms with Crippen LogP contribution in [0.3, 0.4) is 0 Å². The Kier molecular flexibility index (Phi) is 30.4. The number of hydrogen-bond acceptors (Lipinski definition) is 20. The van der Waals surface area contributed by atoms with Gasteiger partial charge in [0.2, 0.25) is 5.91 Å². The van der Waals surface area contributed by atoms with E-state index in [1.165, 1.54) is 19.2 Å². The summed E-state index contributed by atoms with van der Waals surface area (Å²) in [5.41, 5.74) is -4.81. The minimum absolute atomic E-state index is 0.000984. The summed E-state index contributed by atoms with van der Waals surface area (Å²) in [7, 11) is -0.608. The SMILES string of the molecule is CC(C)(C)[S@@](=O)N=C1CCOc2cc(Br)cc(F)c21.COC(=O)C[C@@]1(NC(=O)CC#N)CCOc2cc(F)cc(F)c21.COC(=O)C[C@@]1(N[S@](=O)C(C)(C)C)CCOc2cc(F)cc(F)c21.N#CC1=C(Cl)C[C@]2(CCOc3cc(F)cc(F)c32)NC1=O.N#CC1=C(O)C[C@]2(CCOc3cc(F)cc(F)c32)NC1=O.O=C1CCOc2cc(Br)cc(F)c21. The molecular weight excluding hydrogens is 1810 g/mol. The summed E-state index contributed by atoms with van der Waals surface area (Å²) in [6.45, 7) is 12.0. The smallest absolute Gasteiger partial charge is 0.308 e. The maximum absolute atomic E-state index is 14.5. The van der Waals surface area contributed by atoms with Crippen molar-refractivity contribution in [2.24, 2.45) is 4.40 Å². The Labute approximate surface area is 712 Å². The van der Waals surface area contributed by atoms with Crippen LogP contribution in [0.4, 0.5) is 43.9 Å². The number of ketones is 1. The molecule has 25 nitrogen and oxygen atoms in total. The summed E-state index contributed by atoms with van der Waals surface area (Å²) in [4.78, 5) is 70.7. The van der Waals surface area contributed by atoms with Gasteiger partial charge in [0, 0.05) is 114 Å². The molecule has 0 bridgehead atoms. The van der Waals surface area contributed by atoms with Gasteiger partial charge in [-0.1, -0.05) is 43.5 Å². The topological polar surface area (TPSA) is 362 Å². The molecule has 6 aromatic carbocycles. The van der Waals surface area contributed by atoms with Gasteiger partial charge in [0.25, 0.3) is 11.8 Å². The lowest BCUT2D eigenvalue weighted by Gasteiger charge is -2.41. The third-order valence-corrected chi connectivity index (χ3v) is 23.7. The third-order valence-electron chi connectivity index (χ3n) is 19.3. The van der Waals surface area contributed by atoms with Crippen LogP contribution in [0.2, 0.25) is 0 Å². The Bertz CT molecular complexity index is 5320. The number of Topliss-reactive ketones (excluding diaryl/α,β-unsaturated/α-hetero) is 1. The number of methoxy groups -OCH3 is 2. The lowest BCUT2D eigenvalue weighted by Crippen LogP contribution is -2.52. The van der Waals surface area contributed by atoms with E-state index in [0.29, 0.717) is 63.5 Å². The van der Waals surface area contributed by atoms with Crippen LogP contribution in [-0.4, -0.2) is 118 Å². The van der Waals surface area contributed by atoms with Crippen LogP contribution >= 0.6 is 43.5 Å². The number of benzene rings is 6. The molecule has 40 heteroatoms. The number of carbonyl (C=O) groups is 6. The monoisotopic (exact) mass is 1880 g/mol. The molecule has 0 aromatic heterocycles. The van der Waals surface area contributed by atoms with E-state index in [0.717, 1.165) is 43.5 Å². The minimum Gasteiger partial charge on any atom is -0.511 e. The van der Waals surface area contributed by atoms with Gasteiger partial charge in [-0.3, -0.25) is 28.8 Å². The molecule has 14 rings (SSSR count). The van der Waals surface area contributed by atoms with Crippen molar-refractivity contribution in [2.45, 2.75) is 144 Å². The first-order valence-electron chi connectivity index (χ1n) is 36.4. The van der Waals surface area contributed by atoms with Gasteiger partial charge < -0.3 is 59.0 Å². The Hall–Kier alpha value is -10.6. The standard InChI is InChI=1S/C16H21F2NO4S.C15H14F2N2O4.C14H9ClF2N2O2.C14H10F2N2O3.C13H15BrFNO2S.C9H6BrFO2/c1-15(2,3)24(21)19-16(9-13(20)22-4)5-6-23-12-8-10(17)7-11(18)14(12)16;1-22-13(21)8-15(19-12(20)2-4-18)3-5-23-11-7-9(16)6-10(17)14(11)15;15-9-5-14(19-13(20)8(9)6-18)1-2-21-11-4-7(16)3-10(17)12(11)14;15-7-3-9(16)12-11(4-7)21-2-1-14(12)5-10(19)8(6-17)13(20)18-14;1-13(2,3)19(17)16-10-4-5-18-11-7-8(14)6-9(15)12(10)11;10-5-3-6(11)9-7(12)1-2-13-8(9)4-5/h7-8,19H,5-6,9H2,1-4H3;6-7H,2-3,5,8H2,1H3,(H,19,20);3-4H,1-2,5H2,(H,19,20);3-4,19H,1-2,5H2,(H,18,20);6-7H,4-5H2,1-3H3;3-4H,1-2H2/t16-,24+;15-;2*14-;19-;/m00001./s1. The van der Waals surface area contributed by atoms with Crippen molar-refractivity contribution in [2.75, 3.05) is 53.9 Å². The largest absolute Gasteiger partial charge is 0.511 e. The predicted molar refractivity (Wildman–Crippen MR) is 422 cm³/mol. The van der Waals surface area contributed by atoms with Gasteiger partial charge in [0.05, 0.1) is 154 Å². The van der Waals surface area contributed by atoms with Gasteiger partial charge in [-0.05, 0) is 65.8 Å². The number of halogens is 13. The van der Waals surface area contributed by atoms with Gasteiger partial charge in [-0.15, -0.1) is 0 Å². The molecule has 5 N–H and O–H groups in total. The van der Waals surface area contributed by atoms with E-state index in [-0.39, 0.29) is 151 Å². The number of amides is 3. The van der Waals surface area contributed by atoms with Crippen LogP contribution < -0.4 is 49.1 Å². The highest BCUT2D eigenvalue weighted by atomic mass is 79.9. The second-order valence-corrected chi connectivity index (χ2v) is 35.9. The molecule has 0 saturated heterocycles. The summed E-state index contributed by atoms with van der Waals surface area (Å²) in [6, 6.07) is 17.9. The predicted octanol–water partition coefficient (Wildman–Crippen LogP) is 14.5. The maximum atomic E-state index is 14.5. The molecule has 0 fully saturated rings. The summed E-state index contributed by atoms with van der Waals surface area (Å²) in [5, 5.41) is 44.0. The molecule has 8 aliphatic rings. The summed E-state index contributed by atoms with van der Waals surface area (Å²) < 4.78 is 211. The van der Waals surface area contributed by atoms with Crippen molar-refractivity contribution >= 4 is 107 Å². The van der Waals surface area contributed by atoms with Crippen LogP contribution in [0.1, 0.15) is 150 Å². The summed E-state index contributed by atoms with van der Waals surface area (Å²) in [5.74, 6) is -10.8. The van der Waals surface area contributed by atoms with Crippen molar-refractivity contribution in [3.05, 3.63) is 195 Å². The molecule has 6 atom stereocenters. The lowest BCUT2D eigenvalue weighted by molar-refractivity contribution is -0.144. The molecule has 0 unspecified atom stereocenters. The number of nitrogens with one attached hydrogen (secondary N) is 4.